The van der Waals surface area contributed by atoms with Gasteiger partial charge in [0.15, 0.2) is 0 Å². The number of esters is 1. The predicted molar refractivity (Wildman–Crippen MR) is 100 cm³/mol. The molecule has 0 amide bonds. The van der Waals surface area contributed by atoms with Crippen LogP contribution in [-0.2, 0) is 18.8 Å². The summed E-state index contributed by atoms with van der Waals surface area (Å²) in [5.41, 5.74) is 1.35. The standard InChI is InChI=1S/C20H31BO4/c1-7-8-13-23-18(22)14-17(16-12-10-9-11-15(16)2)21-24-19(3,4)20(5,6)25-21/h9-12,17H,7-8,13-14H2,1-6H3. The fraction of sp³-hybridized carbons (Fsp3) is 0.650. The molecule has 0 spiro atoms. The smallest absolute Gasteiger partial charge is 0.466 e. The van der Waals surface area contributed by atoms with Crippen LogP contribution >= 0.6 is 0 Å². The molecule has 1 saturated heterocycles. The van der Waals surface area contributed by atoms with Crippen molar-refractivity contribution in [1.29, 1.82) is 0 Å². The highest BCUT2D eigenvalue weighted by molar-refractivity contribution is 6.48. The average Bonchev–Trinajstić information content (AvgIpc) is 2.74. The van der Waals surface area contributed by atoms with Crippen LogP contribution in [0.4, 0.5) is 0 Å². The topological polar surface area (TPSA) is 44.8 Å². The number of aryl methyl sites for hydroxylation is 1. The first-order valence-corrected chi connectivity index (χ1v) is 9.24. The maximum Gasteiger partial charge on any atom is 0.466 e. The minimum absolute atomic E-state index is 0.184. The Bertz CT molecular complexity index is 581. The lowest BCUT2D eigenvalue weighted by molar-refractivity contribution is -0.144. The molecule has 1 fully saturated rings. The van der Waals surface area contributed by atoms with Crippen molar-refractivity contribution in [2.24, 2.45) is 0 Å². The molecule has 138 valence electrons. The Morgan fingerprint density at radius 3 is 2.32 bits per heavy atom. The molecule has 1 aliphatic rings. The molecule has 1 unspecified atom stereocenters. The van der Waals surface area contributed by atoms with E-state index < -0.39 is 18.3 Å². The third-order valence-electron chi connectivity index (χ3n) is 5.34. The molecule has 1 heterocycles. The number of unbranched alkanes of at least 4 members (excludes halogenated alkanes) is 1. The van der Waals surface area contributed by atoms with E-state index in [0.29, 0.717) is 6.61 Å². The molecule has 1 aromatic carbocycles. The Kier molecular flexibility index (Phi) is 6.33. The van der Waals surface area contributed by atoms with Gasteiger partial charge in [-0.15, -0.1) is 0 Å². The Morgan fingerprint density at radius 2 is 1.76 bits per heavy atom. The number of carbonyl (C=O) groups excluding carboxylic acids is 1. The van der Waals surface area contributed by atoms with Gasteiger partial charge in [0.1, 0.15) is 0 Å². The number of rotatable bonds is 7. The van der Waals surface area contributed by atoms with E-state index in [9.17, 15) is 4.79 Å². The lowest BCUT2D eigenvalue weighted by Gasteiger charge is -2.32. The highest BCUT2D eigenvalue weighted by Gasteiger charge is 2.54. The zero-order chi connectivity index (χ0) is 18.7. The summed E-state index contributed by atoms with van der Waals surface area (Å²) in [5, 5.41) is 0. The second-order valence-electron chi connectivity index (χ2n) is 7.87. The average molecular weight is 346 g/mol. The predicted octanol–water partition coefficient (Wildman–Crippen LogP) is 4.44. The van der Waals surface area contributed by atoms with Crippen molar-refractivity contribution in [2.75, 3.05) is 6.61 Å². The molecule has 2 rings (SSSR count). The monoisotopic (exact) mass is 346 g/mol. The second-order valence-corrected chi connectivity index (χ2v) is 7.87. The summed E-state index contributed by atoms with van der Waals surface area (Å²) in [4.78, 5) is 12.4. The fourth-order valence-corrected chi connectivity index (χ4v) is 2.98. The van der Waals surface area contributed by atoms with Crippen molar-refractivity contribution >= 4 is 13.1 Å². The minimum atomic E-state index is -0.468. The molecule has 0 saturated carbocycles. The summed E-state index contributed by atoms with van der Waals surface area (Å²) in [6.07, 6.45) is 2.15. The Morgan fingerprint density at radius 1 is 1.16 bits per heavy atom. The first kappa shape index (κ1) is 20.0. The van der Waals surface area contributed by atoms with Crippen molar-refractivity contribution in [2.45, 2.75) is 77.8 Å². The van der Waals surface area contributed by atoms with Crippen molar-refractivity contribution in [3.8, 4) is 0 Å². The second kappa shape index (κ2) is 7.92. The molecule has 4 nitrogen and oxygen atoms in total. The lowest BCUT2D eigenvalue weighted by Crippen LogP contribution is -2.41. The molecule has 0 radical (unpaired) electrons. The molecule has 5 heteroatoms. The zero-order valence-corrected chi connectivity index (χ0v) is 16.4. The molecular formula is C20H31BO4. The maximum atomic E-state index is 12.4. The van der Waals surface area contributed by atoms with Gasteiger partial charge in [0, 0.05) is 5.82 Å². The number of hydrogen-bond acceptors (Lipinski definition) is 4. The van der Waals surface area contributed by atoms with Crippen LogP contribution in [0.2, 0.25) is 0 Å². The zero-order valence-electron chi connectivity index (χ0n) is 16.4. The molecule has 25 heavy (non-hydrogen) atoms. The Labute approximate surface area is 152 Å². The van der Waals surface area contributed by atoms with Crippen LogP contribution in [0.25, 0.3) is 0 Å². The number of ether oxygens (including phenoxy) is 1. The van der Waals surface area contributed by atoms with Gasteiger partial charge in [-0.05, 0) is 52.2 Å². The largest absolute Gasteiger partial charge is 0.466 e. The van der Waals surface area contributed by atoms with Crippen LogP contribution in [-0.4, -0.2) is 30.9 Å². The van der Waals surface area contributed by atoms with Crippen LogP contribution in [0.3, 0.4) is 0 Å². The van der Waals surface area contributed by atoms with Crippen molar-refractivity contribution in [3.05, 3.63) is 35.4 Å². The SMILES string of the molecule is CCCCOC(=O)CC(B1OC(C)(C)C(C)(C)O1)c1ccccc1C. The molecule has 1 aliphatic heterocycles. The minimum Gasteiger partial charge on any atom is -0.466 e. The highest BCUT2D eigenvalue weighted by Crippen LogP contribution is 2.42. The van der Waals surface area contributed by atoms with Crippen molar-refractivity contribution < 1.29 is 18.8 Å². The summed E-state index contributed by atoms with van der Waals surface area (Å²) >= 11 is 0. The summed E-state index contributed by atoms with van der Waals surface area (Å²) in [7, 11) is -0.468. The van der Waals surface area contributed by atoms with E-state index in [1.54, 1.807) is 0 Å². The highest BCUT2D eigenvalue weighted by atomic mass is 16.7. The first-order valence-electron chi connectivity index (χ1n) is 9.24. The van der Waals surface area contributed by atoms with Crippen LogP contribution in [0, 0.1) is 6.92 Å². The van der Waals surface area contributed by atoms with Gasteiger partial charge in [0.25, 0.3) is 0 Å². The third kappa shape index (κ3) is 4.65. The van der Waals surface area contributed by atoms with Crippen LogP contribution < -0.4 is 0 Å². The summed E-state index contributed by atoms with van der Waals surface area (Å²) < 4.78 is 17.9. The molecule has 1 atom stereocenters. The number of hydrogen-bond donors (Lipinski definition) is 0. The Hall–Kier alpha value is -1.33. The molecule has 1 aromatic rings. The van der Waals surface area contributed by atoms with Gasteiger partial charge in [0.2, 0.25) is 0 Å². The van der Waals surface area contributed by atoms with E-state index in [1.807, 2.05) is 45.9 Å². The number of carbonyl (C=O) groups is 1. The summed E-state index contributed by atoms with van der Waals surface area (Å²) in [6.45, 7) is 12.7. The van der Waals surface area contributed by atoms with E-state index in [0.717, 1.165) is 24.0 Å². The summed E-state index contributed by atoms with van der Waals surface area (Å²) in [5.74, 6) is -0.382. The van der Waals surface area contributed by atoms with Gasteiger partial charge < -0.3 is 14.0 Å². The first-order chi connectivity index (χ1) is 11.7. The van der Waals surface area contributed by atoms with Gasteiger partial charge in [-0.25, -0.2) is 0 Å². The fourth-order valence-electron chi connectivity index (χ4n) is 2.98. The maximum absolute atomic E-state index is 12.4. The normalized spacial score (nSPS) is 19.7. The van der Waals surface area contributed by atoms with Gasteiger partial charge in [-0.1, -0.05) is 37.6 Å². The van der Waals surface area contributed by atoms with E-state index in [4.69, 9.17) is 14.0 Å². The molecule has 0 aromatic heterocycles. The Balaban J connectivity index is 2.22. The molecule has 0 aliphatic carbocycles. The van der Waals surface area contributed by atoms with E-state index >= 15 is 0 Å². The summed E-state index contributed by atoms with van der Waals surface area (Å²) in [6, 6.07) is 8.09. The van der Waals surface area contributed by atoms with Gasteiger partial charge in [0.05, 0.1) is 24.2 Å². The number of benzene rings is 1. The van der Waals surface area contributed by atoms with Crippen LogP contribution in [0.1, 0.15) is 70.8 Å². The van der Waals surface area contributed by atoms with Gasteiger partial charge in [-0.2, -0.15) is 0 Å². The molecule has 0 N–H and O–H groups in total. The van der Waals surface area contributed by atoms with Crippen LogP contribution in [0.5, 0.6) is 0 Å². The van der Waals surface area contributed by atoms with E-state index in [2.05, 4.69) is 19.9 Å². The van der Waals surface area contributed by atoms with Gasteiger partial charge in [-0.3, -0.25) is 4.79 Å². The quantitative estimate of drug-likeness (QED) is 0.416. The van der Waals surface area contributed by atoms with E-state index in [-0.39, 0.29) is 18.2 Å². The molecule has 0 bridgehead atoms. The van der Waals surface area contributed by atoms with E-state index in [1.165, 1.54) is 0 Å². The van der Waals surface area contributed by atoms with Crippen molar-refractivity contribution in [1.82, 2.24) is 0 Å². The third-order valence-corrected chi connectivity index (χ3v) is 5.34. The van der Waals surface area contributed by atoms with Crippen molar-refractivity contribution in [3.63, 3.8) is 0 Å². The van der Waals surface area contributed by atoms with Crippen LogP contribution in [0.15, 0.2) is 24.3 Å². The molecular weight excluding hydrogens is 315 g/mol. The lowest BCUT2D eigenvalue weighted by atomic mass is 9.65. The van der Waals surface area contributed by atoms with Gasteiger partial charge >= 0.3 is 13.1 Å².